The second kappa shape index (κ2) is 8.65. The van der Waals surface area contributed by atoms with E-state index in [1.807, 2.05) is 32.0 Å². The zero-order valence-corrected chi connectivity index (χ0v) is 18.1. The third-order valence-electron chi connectivity index (χ3n) is 4.82. The van der Waals surface area contributed by atoms with Crippen LogP contribution in [0.4, 0.5) is 21.9 Å². The summed E-state index contributed by atoms with van der Waals surface area (Å²) in [4.78, 5) is 27.3. The lowest BCUT2D eigenvalue weighted by atomic mass is 9.92. The van der Waals surface area contributed by atoms with Gasteiger partial charge in [-0.25, -0.2) is 4.79 Å². The normalized spacial score (nSPS) is 15.1. The van der Waals surface area contributed by atoms with Crippen molar-refractivity contribution in [1.82, 2.24) is 0 Å². The number of benzene rings is 2. The molecule has 0 spiro atoms. The number of rotatable bonds is 5. The van der Waals surface area contributed by atoms with Gasteiger partial charge in [-0.1, -0.05) is 26.0 Å². The van der Waals surface area contributed by atoms with E-state index in [1.54, 1.807) is 36.3 Å². The molecule has 0 atom stereocenters. The van der Waals surface area contributed by atoms with Crippen LogP contribution in [-0.2, 0) is 4.79 Å². The Hall–Kier alpha value is -3.22. The summed E-state index contributed by atoms with van der Waals surface area (Å²) in [5.74, 6) is 1.48. The van der Waals surface area contributed by atoms with Crippen LogP contribution in [0.5, 0.6) is 11.5 Å². The van der Waals surface area contributed by atoms with Gasteiger partial charge in [-0.3, -0.25) is 4.79 Å². The Kier molecular flexibility index (Phi) is 6.20. The second-order valence-corrected chi connectivity index (χ2v) is 8.44. The number of amides is 3. The summed E-state index contributed by atoms with van der Waals surface area (Å²) in [6, 6.07) is 12.1. The van der Waals surface area contributed by atoms with Crippen molar-refractivity contribution in [1.29, 1.82) is 0 Å². The molecule has 0 saturated heterocycles. The molecule has 1 aliphatic rings. The van der Waals surface area contributed by atoms with Gasteiger partial charge in [-0.05, 0) is 44.0 Å². The average molecular weight is 412 g/mol. The van der Waals surface area contributed by atoms with Gasteiger partial charge >= 0.3 is 6.03 Å². The van der Waals surface area contributed by atoms with Crippen LogP contribution in [0.3, 0.4) is 0 Å². The number of para-hydroxylation sites is 2. The molecule has 1 aliphatic heterocycles. The predicted octanol–water partition coefficient (Wildman–Crippen LogP) is 4.75. The minimum absolute atomic E-state index is 0.0320. The molecule has 0 unspecified atom stereocenters. The van der Waals surface area contributed by atoms with Crippen LogP contribution in [0.1, 0.15) is 27.7 Å². The van der Waals surface area contributed by atoms with E-state index in [1.165, 1.54) is 0 Å². The minimum Gasteiger partial charge on any atom is -0.495 e. The fourth-order valence-corrected chi connectivity index (χ4v) is 3.30. The number of hydrogen-bond acceptors (Lipinski definition) is 4. The Labute approximate surface area is 177 Å². The van der Waals surface area contributed by atoms with E-state index in [-0.39, 0.29) is 12.5 Å². The maximum atomic E-state index is 13.0. The quantitative estimate of drug-likeness (QED) is 0.744. The molecular weight excluding hydrogens is 382 g/mol. The number of fused-ring (bicyclic) bond motifs is 1. The number of carbonyl (C=O) groups excluding carboxylic acids is 2. The van der Waals surface area contributed by atoms with Crippen LogP contribution in [0.2, 0.25) is 0 Å². The van der Waals surface area contributed by atoms with Gasteiger partial charge in [0.1, 0.15) is 18.1 Å². The van der Waals surface area contributed by atoms with Crippen molar-refractivity contribution < 1.29 is 19.1 Å². The van der Waals surface area contributed by atoms with Crippen molar-refractivity contribution >= 4 is 29.0 Å². The molecule has 2 N–H and O–H groups in total. The summed E-state index contributed by atoms with van der Waals surface area (Å²) in [6.07, 6.45) is 0. The van der Waals surface area contributed by atoms with Gasteiger partial charge in [-0.15, -0.1) is 0 Å². The number of hydrogen-bond donors (Lipinski definition) is 2. The molecule has 160 valence electrons. The molecular formula is C23H29N3O4. The van der Waals surface area contributed by atoms with Crippen molar-refractivity contribution in [3.05, 3.63) is 42.5 Å². The molecule has 0 aliphatic carbocycles. The SMILES string of the molecule is COc1ccccc1NC(=O)Nc1ccc2c(c1)OCC(C)(C)C(=O)N2CC(C)C. The first-order chi connectivity index (χ1) is 14.2. The fraction of sp³-hybridized carbons (Fsp3) is 0.391. The lowest BCUT2D eigenvalue weighted by Gasteiger charge is -2.29. The van der Waals surface area contributed by atoms with E-state index < -0.39 is 11.4 Å². The molecule has 0 aromatic heterocycles. The molecule has 30 heavy (non-hydrogen) atoms. The molecule has 2 aromatic carbocycles. The van der Waals surface area contributed by atoms with Crippen molar-refractivity contribution in [2.45, 2.75) is 27.7 Å². The summed E-state index contributed by atoms with van der Waals surface area (Å²) in [5.41, 5.74) is 1.22. The summed E-state index contributed by atoms with van der Waals surface area (Å²) in [7, 11) is 1.55. The molecule has 0 bridgehead atoms. The highest BCUT2D eigenvalue weighted by molar-refractivity contribution is 6.02. The molecule has 1 heterocycles. The van der Waals surface area contributed by atoms with Gasteiger partial charge in [0.05, 0.1) is 23.9 Å². The minimum atomic E-state index is -0.636. The fourth-order valence-electron chi connectivity index (χ4n) is 3.30. The molecule has 0 saturated carbocycles. The Morgan fingerprint density at radius 2 is 1.93 bits per heavy atom. The zero-order valence-electron chi connectivity index (χ0n) is 18.1. The van der Waals surface area contributed by atoms with Crippen molar-refractivity contribution in [2.75, 3.05) is 35.8 Å². The first kappa shape index (κ1) is 21.5. The third kappa shape index (κ3) is 4.67. The smallest absolute Gasteiger partial charge is 0.323 e. The van der Waals surface area contributed by atoms with Crippen LogP contribution >= 0.6 is 0 Å². The first-order valence-electron chi connectivity index (χ1n) is 10.0. The maximum Gasteiger partial charge on any atom is 0.323 e. The van der Waals surface area contributed by atoms with E-state index in [0.717, 1.165) is 5.69 Å². The second-order valence-electron chi connectivity index (χ2n) is 8.44. The molecule has 3 rings (SSSR count). The van der Waals surface area contributed by atoms with Crippen molar-refractivity contribution in [3.8, 4) is 11.5 Å². The van der Waals surface area contributed by atoms with Gasteiger partial charge in [0.15, 0.2) is 0 Å². The number of nitrogens with one attached hydrogen (secondary N) is 2. The summed E-state index contributed by atoms with van der Waals surface area (Å²) < 4.78 is 11.2. The lowest BCUT2D eigenvalue weighted by Crippen LogP contribution is -2.43. The van der Waals surface area contributed by atoms with Crippen molar-refractivity contribution in [3.63, 3.8) is 0 Å². The Bertz CT molecular complexity index is 940. The van der Waals surface area contributed by atoms with Crippen LogP contribution < -0.4 is 25.0 Å². The molecule has 7 heteroatoms. The number of urea groups is 1. The average Bonchev–Trinajstić information content (AvgIpc) is 2.78. The summed E-state index contributed by atoms with van der Waals surface area (Å²) in [5, 5.41) is 5.59. The summed E-state index contributed by atoms with van der Waals surface area (Å²) >= 11 is 0. The first-order valence-corrected chi connectivity index (χ1v) is 10.0. The highest BCUT2D eigenvalue weighted by Gasteiger charge is 2.38. The zero-order chi connectivity index (χ0) is 21.9. The van der Waals surface area contributed by atoms with E-state index in [2.05, 4.69) is 24.5 Å². The topological polar surface area (TPSA) is 79.9 Å². The van der Waals surface area contributed by atoms with Crippen LogP contribution in [0.15, 0.2) is 42.5 Å². The summed E-state index contributed by atoms with van der Waals surface area (Å²) in [6.45, 7) is 8.78. The van der Waals surface area contributed by atoms with E-state index in [4.69, 9.17) is 9.47 Å². The standard InChI is InChI=1S/C23H29N3O4/c1-15(2)13-26-18-11-10-16(12-20(18)30-14-23(3,4)21(26)27)24-22(28)25-17-8-6-7-9-19(17)29-5/h6-12,15H,13-14H2,1-5H3,(H2,24,25,28). The number of methoxy groups -OCH3 is 1. The largest absolute Gasteiger partial charge is 0.495 e. The van der Waals surface area contributed by atoms with Crippen LogP contribution in [0.25, 0.3) is 0 Å². The molecule has 0 radical (unpaired) electrons. The molecule has 0 fully saturated rings. The maximum absolute atomic E-state index is 13.0. The molecule has 2 aromatic rings. The number of anilines is 3. The Balaban J connectivity index is 1.82. The highest BCUT2D eigenvalue weighted by Crippen LogP contribution is 2.38. The lowest BCUT2D eigenvalue weighted by molar-refractivity contribution is -0.127. The number of nitrogens with zero attached hydrogens (tertiary/aromatic N) is 1. The van der Waals surface area contributed by atoms with Gasteiger partial charge in [0.25, 0.3) is 0 Å². The van der Waals surface area contributed by atoms with E-state index in [9.17, 15) is 9.59 Å². The third-order valence-corrected chi connectivity index (χ3v) is 4.82. The van der Waals surface area contributed by atoms with Gasteiger partial charge in [0.2, 0.25) is 5.91 Å². The van der Waals surface area contributed by atoms with Gasteiger partial charge in [-0.2, -0.15) is 0 Å². The number of carbonyl (C=O) groups is 2. The molecule has 7 nitrogen and oxygen atoms in total. The van der Waals surface area contributed by atoms with Gasteiger partial charge in [0, 0.05) is 18.3 Å². The Morgan fingerprint density at radius 3 is 2.63 bits per heavy atom. The predicted molar refractivity (Wildman–Crippen MR) is 119 cm³/mol. The van der Waals surface area contributed by atoms with Crippen LogP contribution in [-0.4, -0.2) is 32.2 Å². The van der Waals surface area contributed by atoms with Gasteiger partial charge < -0.3 is 25.0 Å². The van der Waals surface area contributed by atoms with Crippen LogP contribution in [0, 0.1) is 11.3 Å². The van der Waals surface area contributed by atoms with Crippen molar-refractivity contribution in [2.24, 2.45) is 11.3 Å². The Morgan fingerprint density at radius 1 is 1.20 bits per heavy atom. The number of ether oxygens (including phenoxy) is 2. The monoisotopic (exact) mass is 411 g/mol. The van der Waals surface area contributed by atoms with E-state index in [0.29, 0.717) is 35.3 Å². The highest BCUT2D eigenvalue weighted by atomic mass is 16.5. The van der Waals surface area contributed by atoms with E-state index >= 15 is 0 Å². The molecule has 3 amide bonds.